The second-order valence-corrected chi connectivity index (χ2v) is 7.21. The minimum atomic E-state index is 0.0709. The van der Waals surface area contributed by atoms with Crippen LogP contribution >= 0.6 is 11.3 Å². The van der Waals surface area contributed by atoms with Gasteiger partial charge >= 0.3 is 0 Å². The Morgan fingerprint density at radius 3 is 2.92 bits per heavy atom. The summed E-state index contributed by atoms with van der Waals surface area (Å²) in [6.45, 7) is 1.77. The standard InChI is InChI=1S/C18H18N4O2S/c1-10(13-8-11(23)6-7-14(13)24)21-22-17-16-12-4-2-3-5-15(12)25-18(16)20-9-19-17/h6-9,23-24H,2-5H2,1H3,(H,19,20,22). The predicted octanol–water partition coefficient (Wildman–Crippen LogP) is 3.82. The lowest BCUT2D eigenvalue weighted by Gasteiger charge is -2.11. The third-order valence-corrected chi connectivity index (χ3v) is 5.65. The quantitative estimate of drug-likeness (QED) is 0.378. The highest BCUT2D eigenvalue weighted by atomic mass is 32.1. The average molecular weight is 354 g/mol. The van der Waals surface area contributed by atoms with Gasteiger partial charge in [0.15, 0.2) is 5.82 Å². The molecule has 25 heavy (non-hydrogen) atoms. The molecule has 2 heterocycles. The first kappa shape index (κ1) is 15.8. The van der Waals surface area contributed by atoms with Crippen molar-refractivity contribution in [3.63, 3.8) is 0 Å². The summed E-state index contributed by atoms with van der Waals surface area (Å²) >= 11 is 1.74. The van der Waals surface area contributed by atoms with Gasteiger partial charge in [-0.25, -0.2) is 9.97 Å². The molecule has 1 aliphatic carbocycles. The van der Waals surface area contributed by atoms with Crippen molar-refractivity contribution in [1.29, 1.82) is 0 Å². The molecule has 6 nitrogen and oxygen atoms in total. The monoisotopic (exact) mass is 354 g/mol. The SMILES string of the molecule is CC(=NNc1ncnc2sc3c(c12)CCCC3)c1cc(O)ccc1O. The topological polar surface area (TPSA) is 90.6 Å². The summed E-state index contributed by atoms with van der Waals surface area (Å²) in [6, 6.07) is 4.37. The van der Waals surface area contributed by atoms with Crippen molar-refractivity contribution >= 4 is 33.1 Å². The zero-order chi connectivity index (χ0) is 17.4. The van der Waals surface area contributed by atoms with Crippen LogP contribution < -0.4 is 5.43 Å². The van der Waals surface area contributed by atoms with E-state index in [1.165, 1.54) is 41.5 Å². The number of benzene rings is 1. The largest absolute Gasteiger partial charge is 0.508 e. The number of nitrogens with zero attached hydrogens (tertiary/aromatic N) is 3. The van der Waals surface area contributed by atoms with E-state index < -0.39 is 0 Å². The molecule has 7 heteroatoms. The number of phenols is 2. The van der Waals surface area contributed by atoms with E-state index in [4.69, 9.17) is 0 Å². The summed E-state index contributed by atoms with van der Waals surface area (Å²) in [6.07, 6.45) is 6.11. The molecule has 0 saturated carbocycles. The minimum Gasteiger partial charge on any atom is -0.508 e. The number of aryl methyl sites for hydroxylation is 2. The zero-order valence-corrected chi connectivity index (χ0v) is 14.6. The van der Waals surface area contributed by atoms with Crippen molar-refractivity contribution in [3.05, 3.63) is 40.5 Å². The van der Waals surface area contributed by atoms with Gasteiger partial charge in [-0.1, -0.05) is 0 Å². The Balaban J connectivity index is 1.71. The van der Waals surface area contributed by atoms with Gasteiger partial charge in [-0.05, 0) is 56.4 Å². The van der Waals surface area contributed by atoms with Gasteiger partial charge in [-0.3, -0.25) is 5.43 Å². The molecule has 0 atom stereocenters. The van der Waals surface area contributed by atoms with Gasteiger partial charge in [0.25, 0.3) is 0 Å². The number of anilines is 1. The molecule has 0 amide bonds. The zero-order valence-electron chi connectivity index (χ0n) is 13.8. The smallest absolute Gasteiger partial charge is 0.158 e. The highest BCUT2D eigenvalue weighted by Gasteiger charge is 2.19. The van der Waals surface area contributed by atoms with E-state index in [0.717, 1.165) is 23.1 Å². The van der Waals surface area contributed by atoms with Gasteiger partial charge in [0.05, 0.1) is 11.1 Å². The Bertz CT molecular complexity index is 981. The predicted molar refractivity (Wildman–Crippen MR) is 99.7 cm³/mol. The fourth-order valence-electron chi connectivity index (χ4n) is 3.19. The molecule has 0 fully saturated rings. The summed E-state index contributed by atoms with van der Waals surface area (Å²) in [5, 5.41) is 25.0. The van der Waals surface area contributed by atoms with Crippen LogP contribution in [0.3, 0.4) is 0 Å². The fraction of sp³-hybridized carbons (Fsp3) is 0.278. The molecular formula is C18H18N4O2S. The molecule has 2 aromatic heterocycles. The summed E-state index contributed by atoms with van der Waals surface area (Å²) in [4.78, 5) is 11.1. The number of hydrazone groups is 1. The van der Waals surface area contributed by atoms with Crippen molar-refractivity contribution in [2.75, 3.05) is 5.43 Å². The van der Waals surface area contributed by atoms with Crippen molar-refractivity contribution in [1.82, 2.24) is 9.97 Å². The molecule has 3 aromatic rings. The van der Waals surface area contributed by atoms with Crippen molar-refractivity contribution in [3.8, 4) is 11.5 Å². The van der Waals surface area contributed by atoms with E-state index in [1.54, 1.807) is 24.6 Å². The van der Waals surface area contributed by atoms with Gasteiger partial charge < -0.3 is 10.2 Å². The molecule has 0 radical (unpaired) electrons. The van der Waals surface area contributed by atoms with Crippen LogP contribution in [0.1, 0.15) is 35.8 Å². The van der Waals surface area contributed by atoms with E-state index in [9.17, 15) is 10.2 Å². The third kappa shape index (κ3) is 2.91. The maximum atomic E-state index is 9.96. The van der Waals surface area contributed by atoms with Crippen LogP contribution in [0.4, 0.5) is 5.82 Å². The van der Waals surface area contributed by atoms with E-state index in [1.807, 2.05) is 0 Å². The van der Waals surface area contributed by atoms with E-state index in [-0.39, 0.29) is 11.5 Å². The van der Waals surface area contributed by atoms with Crippen LogP contribution in [0.25, 0.3) is 10.2 Å². The first-order valence-electron chi connectivity index (χ1n) is 8.21. The highest BCUT2D eigenvalue weighted by molar-refractivity contribution is 7.19. The summed E-state index contributed by atoms with van der Waals surface area (Å²) in [5.41, 5.74) is 5.39. The third-order valence-electron chi connectivity index (χ3n) is 4.45. The number of thiophene rings is 1. The van der Waals surface area contributed by atoms with E-state index >= 15 is 0 Å². The van der Waals surface area contributed by atoms with E-state index in [2.05, 4.69) is 20.5 Å². The van der Waals surface area contributed by atoms with Crippen molar-refractivity contribution < 1.29 is 10.2 Å². The molecule has 0 bridgehead atoms. The Morgan fingerprint density at radius 1 is 1.20 bits per heavy atom. The summed E-state index contributed by atoms with van der Waals surface area (Å²) in [7, 11) is 0. The molecule has 1 aliphatic rings. The lowest BCUT2D eigenvalue weighted by molar-refractivity contribution is 0.459. The first-order valence-corrected chi connectivity index (χ1v) is 9.03. The van der Waals surface area contributed by atoms with E-state index in [0.29, 0.717) is 17.1 Å². The maximum absolute atomic E-state index is 9.96. The molecule has 3 N–H and O–H groups in total. The minimum absolute atomic E-state index is 0.0709. The number of fused-ring (bicyclic) bond motifs is 3. The lowest BCUT2D eigenvalue weighted by atomic mass is 9.97. The molecule has 0 unspecified atom stereocenters. The summed E-state index contributed by atoms with van der Waals surface area (Å²) in [5.74, 6) is 0.837. The van der Waals surface area contributed by atoms with Crippen molar-refractivity contribution in [2.45, 2.75) is 32.6 Å². The number of rotatable bonds is 3. The Hall–Kier alpha value is -2.67. The Kier molecular flexibility index (Phi) is 4.01. The fourth-order valence-corrected chi connectivity index (χ4v) is 4.41. The van der Waals surface area contributed by atoms with Crippen LogP contribution in [0, 0.1) is 0 Å². The molecule has 128 valence electrons. The number of hydrogen-bond acceptors (Lipinski definition) is 7. The number of aromatic hydroxyl groups is 2. The van der Waals surface area contributed by atoms with Gasteiger partial charge in [-0.2, -0.15) is 5.10 Å². The van der Waals surface area contributed by atoms with Gasteiger partial charge in [0.2, 0.25) is 0 Å². The second kappa shape index (κ2) is 6.33. The molecular weight excluding hydrogens is 336 g/mol. The Labute approximate surface area is 148 Å². The number of aromatic nitrogens is 2. The second-order valence-electron chi connectivity index (χ2n) is 6.12. The van der Waals surface area contributed by atoms with Crippen molar-refractivity contribution in [2.24, 2.45) is 5.10 Å². The van der Waals surface area contributed by atoms with Gasteiger partial charge in [0.1, 0.15) is 22.7 Å². The highest BCUT2D eigenvalue weighted by Crippen LogP contribution is 2.38. The molecule has 4 rings (SSSR count). The lowest BCUT2D eigenvalue weighted by Crippen LogP contribution is -2.03. The number of hydrogen-bond donors (Lipinski definition) is 3. The molecule has 0 aliphatic heterocycles. The Morgan fingerprint density at radius 2 is 2.04 bits per heavy atom. The van der Waals surface area contributed by atoms with Crippen LogP contribution in [-0.4, -0.2) is 25.9 Å². The van der Waals surface area contributed by atoms with Gasteiger partial charge in [-0.15, -0.1) is 11.3 Å². The van der Waals surface area contributed by atoms with Crippen LogP contribution in [0.15, 0.2) is 29.6 Å². The summed E-state index contributed by atoms with van der Waals surface area (Å²) < 4.78 is 0. The van der Waals surface area contributed by atoms with Crippen LogP contribution in [-0.2, 0) is 12.8 Å². The molecule has 0 saturated heterocycles. The number of phenolic OH excluding ortho intramolecular Hbond substituents is 2. The first-order chi connectivity index (χ1) is 12.1. The van der Waals surface area contributed by atoms with Crippen LogP contribution in [0.2, 0.25) is 0 Å². The van der Waals surface area contributed by atoms with Gasteiger partial charge in [0, 0.05) is 10.4 Å². The molecule has 1 aromatic carbocycles. The maximum Gasteiger partial charge on any atom is 0.158 e. The number of nitrogens with one attached hydrogen (secondary N) is 1. The normalized spacial score (nSPS) is 14.5. The molecule has 0 spiro atoms. The average Bonchev–Trinajstić information content (AvgIpc) is 3.01. The van der Waals surface area contributed by atoms with Crippen LogP contribution in [0.5, 0.6) is 11.5 Å².